The molecule has 1 N–H and O–H groups in total. The van der Waals surface area contributed by atoms with E-state index in [0.717, 1.165) is 16.9 Å². The molecule has 2 aromatic carbocycles. The maximum Gasteiger partial charge on any atom is 0.243 e. The number of carbonyl (C=O) groups excluding carboxylic acids is 1. The molecular formula is C23H30N2O4S. The van der Waals surface area contributed by atoms with E-state index in [2.05, 4.69) is 5.32 Å². The Balaban J connectivity index is 1.57. The smallest absolute Gasteiger partial charge is 0.243 e. The Morgan fingerprint density at radius 3 is 2.47 bits per heavy atom. The van der Waals surface area contributed by atoms with Crippen LogP contribution in [0.1, 0.15) is 43.9 Å². The van der Waals surface area contributed by atoms with Crippen LogP contribution in [-0.2, 0) is 14.8 Å². The predicted molar refractivity (Wildman–Crippen MR) is 117 cm³/mol. The fourth-order valence-electron chi connectivity index (χ4n) is 3.67. The van der Waals surface area contributed by atoms with Crippen molar-refractivity contribution in [2.45, 2.75) is 44.6 Å². The largest absolute Gasteiger partial charge is 0.494 e. The zero-order chi connectivity index (χ0) is 21.7. The van der Waals surface area contributed by atoms with E-state index in [9.17, 15) is 13.2 Å². The van der Waals surface area contributed by atoms with Crippen molar-refractivity contribution >= 4 is 15.9 Å². The second-order valence-corrected chi connectivity index (χ2v) is 9.67. The lowest BCUT2D eigenvalue weighted by atomic mass is 9.96. The van der Waals surface area contributed by atoms with Crippen LogP contribution in [0.25, 0.3) is 0 Å². The molecule has 0 bridgehead atoms. The van der Waals surface area contributed by atoms with Crippen molar-refractivity contribution in [2.24, 2.45) is 5.92 Å². The summed E-state index contributed by atoms with van der Waals surface area (Å²) in [6, 6.07) is 14.4. The van der Waals surface area contributed by atoms with Gasteiger partial charge in [0, 0.05) is 19.0 Å². The van der Waals surface area contributed by atoms with Crippen LogP contribution < -0.4 is 10.1 Å². The first kappa shape index (κ1) is 22.3. The molecule has 7 heteroatoms. The standard InChI is InChI=1S/C23H30N2O4S/c1-4-29-21-7-5-6-20(16-21)18(3)24-23(26)19-12-14-25(15-13-19)30(27,28)22-10-8-17(2)9-11-22/h5-11,16,18-19H,4,12-15H2,1-3H3,(H,24,26). The Morgan fingerprint density at radius 2 is 1.83 bits per heavy atom. The third-order valence-corrected chi connectivity index (χ3v) is 7.42. The van der Waals surface area contributed by atoms with Crippen molar-refractivity contribution in [3.05, 3.63) is 59.7 Å². The van der Waals surface area contributed by atoms with Crippen molar-refractivity contribution in [1.82, 2.24) is 9.62 Å². The van der Waals surface area contributed by atoms with Gasteiger partial charge in [0.2, 0.25) is 15.9 Å². The van der Waals surface area contributed by atoms with Crippen LogP contribution in [0.4, 0.5) is 0 Å². The minimum Gasteiger partial charge on any atom is -0.494 e. The number of ether oxygens (including phenoxy) is 1. The molecule has 1 heterocycles. The van der Waals surface area contributed by atoms with Gasteiger partial charge in [-0.3, -0.25) is 4.79 Å². The number of hydrogen-bond donors (Lipinski definition) is 1. The molecule has 1 aliphatic heterocycles. The number of sulfonamides is 1. The van der Waals surface area contributed by atoms with E-state index in [1.165, 1.54) is 4.31 Å². The third kappa shape index (κ3) is 5.21. The molecule has 162 valence electrons. The summed E-state index contributed by atoms with van der Waals surface area (Å²) in [5.41, 5.74) is 2.00. The summed E-state index contributed by atoms with van der Waals surface area (Å²) in [6.45, 7) is 7.09. The quantitative estimate of drug-likeness (QED) is 0.727. The topological polar surface area (TPSA) is 75.7 Å². The number of rotatable bonds is 7. The Bertz CT molecular complexity index is 965. The highest BCUT2D eigenvalue weighted by Gasteiger charge is 2.32. The van der Waals surface area contributed by atoms with Gasteiger partial charge in [-0.05, 0) is 63.4 Å². The molecule has 30 heavy (non-hydrogen) atoms. The summed E-state index contributed by atoms with van der Waals surface area (Å²) in [4.78, 5) is 13.1. The second kappa shape index (κ2) is 9.62. The first-order valence-electron chi connectivity index (χ1n) is 10.4. The van der Waals surface area contributed by atoms with Crippen molar-refractivity contribution in [3.63, 3.8) is 0 Å². The number of amides is 1. The fourth-order valence-corrected chi connectivity index (χ4v) is 5.14. The third-order valence-electron chi connectivity index (χ3n) is 5.51. The number of carbonyl (C=O) groups is 1. The lowest BCUT2D eigenvalue weighted by Gasteiger charge is -2.31. The average molecular weight is 431 g/mol. The normalized spacial score (nSPS) is 16.8. The lowest BCUT2D eigenvalue weighted by molar-refractivity contribution is -0.126. The van der Waals surface area contributed by atoms with Gasteiger partial charge >= 0.3 is 0 Å². The number of nitrogens with zero attached hydrogens (tertiary/aromatic N) is 1. The first-order chi connectivity index (χ1) is 14.3. The highest BCUT2D eigenvalue weighted by atomic mass is 32.2. The number of nitrogens with one attached hydrogen (secondary N) is 1. The summed E-state index contributed by atoms with van der Waals surface area (Å²) in [7, 11) is -3.52. The zero-order valence-electron chi connectivity index (χ0n) is 17.8. The molecule has 1 fully saturated rings. The van der Waals surface area contributed by atoms with E-state index >= 15 is 0 Å². The van der Waals surface area contributed by atoms with E-state index < -0.39 is 10.0 Å². The van der Waals surface area contributed by atoms with Crippen LogP contribution in [0, 0.1) is 12.8 Å². The lowest BCUT2D eigenvalue weighted by Crippen LogP contribution is -2.43. The minimum absolute atomic E-state index is 0.0308. The van der Waals surface area contributed by atoms with Gasteiger partial charge < -0.3 is 10.1 Å². The number of aryl methyl sites for hydroxylation is 1. The van der Waals surface area contributed by atoms with Crippen LogP contribution in [0.5, 0.6) is 5.75 Å². The molecule has 1 aliphatic rings. The number of hydrogen-bond acceptors (Lipinski definition) is 4. The molecule has 1 unspecified atom stereocenters. The predicted octanol–water partition coefficient (Wildman–Crippen LogP) is 3.67. The van der Waals surface area contributed by atoms with Gasteiger partial charge in [-0.1, -0.05) is 29.8 Å². The summed E-state index contributed by atoms with van der Waals surface area (Å²) in [5, 5.41) is 3.06. The van der Waals surface area contributed by atoms with Crippen molar-refractivity contribution in [3.8, 4) is 5.75 Å². The van der Waals surface area contributed by atoms with E-state index in [0.29, 0.717) is 37.4 Å². The maximum atomic E-state index is 12.8. The maximum absolute atomic E-state index is 12.8. The molecule has 0 aromatic heterocycles. The van der Waals surface area contributed by atoms with Gasteiger partial charge in [0.05, 0.1) is 17.5 Å². The molecular weight excluding hydrogens is 400 g/mol. The number of piperidine rings is 1. The van der Waals surface area contributed by atoms with Crippen molar-refractivity contribution in [2.75, 3.05) is 19.7 Å². The monoisotopic (exact) mass is 430 g/mol. The Labute approximate surface area is 179 Å². The van der Waals surface area contributed by atoms with Gasteiger partial charge in [0.1, 0.15) is 5.75 Å². The Morgan fingerprint density at radius 1 is 1.17 bits per heavy atom. The highest BCUT2D eigenvalue weighted by molar-refractivity contribution is 7.89. The van der Waals surface area contributed by atoms with Crippen LogP contribution in [0.2, 0.25) is 0 Å². The molecule has 0 saturated carbocycles. The summed E-state index contributed by atoms with van der Waals surface area (Å²) in [6.07, 6.45) is 1.03. The van der Waals surface area contributed by atoms with E-state index in [1.807, 2.05) is 45.0 Å². The molecule has 3 rings (SSSR count). The molecule has 2 aromatic rings. The van der Waals surface area contributed by atoms with Gasteiger partial charge in [-0.2, -0.15) is 4.31 Å². The SMILES string of the molecule is CCOc1cccc(C(C)NC(=O)C2CCN(S(=O)(=O)c3ccc(C)cc3)CC2)c1. The zero-order valence-corrected chi connectivity index (χ0v) is 18.6. The van der Waals surface area contributed by atoms with Crippen LogP contribution in [-0.4, -0.2) is 38.3 Å². The van der Waals surface area contributed by atoms with Gasteiger partial charge in [0.15, 0.2) is 0 Å². The summed E-state index contributed by atoms with van der Waals surface area (Å²) in [5.74, 6) is 0.564. The Hall–Kier alpha value is -2.38. The van der Waals surface area contributed by atoms with E-state index in [-0.39, 0.29) is 17.9 Å². The van der Waals surface area contributed by atoms with Crippen LogP contribution in [0.15, 0.2) is 53.4 Å². The number of benzene rings is 2. The first-order valence-corrected chi connectivity index (χ1v) is 11.8. The van der Waals surface area contributed by atoms with Crippen molar-refractivity contribution in [1.29, 1.82) is 0 Å². The van der Waals surface area contributed by atoms with Gasteiger partial charge in [-0.25, -0.2) is 8.42 Å². The molecule has 0 spiro atoms. The van der Waals surface area contributed by atoms with E-state index in [1.54, 1.807) is 24.3 Å². The summed E-state index contributed by atoms with van der Waals surface area (Å²) < 4.78 is 32.7. The fraction of sp³-hybridized carbons (Fsp3) is 0.435. The van der Waals surface area contributed by atoms with Gasteiger partial charge in [-0.15, -0.1) is 0 Å². The molecule has 1 atom stereocenters. The average Bonchev–Trinajstić information content (AvgIpc) is 2.74. The molecule has 0 aliphatic carbocycles. The molecule has 0 radical (unpaired) electrons. The minimum atomic E-state index is -3.52. The van der Waals surface area contributed by atoms with Crippen LogP contribution >= 0.6 is 0 Å². The summed E-state index contributed by atoms with van der Waals surface area (Å²) >= 11 is 0. The molecule has 6 nitrogen and oxygen atoms in total. The van der Waals surface area contributed by atoms with Crippen LogP contribution in [0.3, 0.4) is 0 Å². The second-order valence-electron chi connectivity index (χ2n) is 7.73. The Kier molecular flexibility index (Phi) is 7.15. The molecule has 1 amide bonds. The highest BCUT2D eigenvalue weighted by Crippen LogP contribution is 2.25. The molecule has 1 saturated heterocycles. The van der Waals surface area contributed by atoms with Gasteiger partial charge in [0.25, 0.3) is 0 Å². The van der Waals surface area contributed by atoms with Crippen molar-refractivity contribution < 1.29 is 17.9 Å². The van der Waals surface area contributed by atoms with E-state index in [4.69, 9.17) is 4.74 Å².